The van der Waals surface area contributed by atoms with Crippen LogP contribution in [0, 0.1) is 4.77 Å². The van der Waals surface area contributed by atoms with Crippen LogP contribution in [-0.4, -0.2) is 9.55 Å². The van der Waals surface area contributed by atoms with Gasteiger partial charge >= 0.3 is 0 Å². The van der Waals surface area contributed by atoms with Crippen LogP contribution >= 0.6 is 23.6 Å². The second-order valence-corrected chi connectivity index (χ2v) is 6.02. The van der Waals surface area contributed by atoms with Crippen LogP contribution < -0.4 is 0 Å². The first-order valence-electron chi connectivity index (χ1n) is 6.70. The largest absolute Gasteiger partial charge is 0.337 e. The molecule has 4 heteroatoms. The summed E-state index contributed by atoms with van der Waals surface area (Å²) in [5.41, 5.74) is 2.34. The molecular weight excluding hydrogens is 284 g/mol. The van der Waals surface area contributed by atoms with Crippen molar-refractivity contribution in [1.29, 1.82) is 0 Å². The minimum Gasteiger partial charge on any atom is -0.337 e. The van der Waals surface area contributed by atoms with Gasteiger partial charge in [-0.2, -0.15) is 0 Å². The fourth-order valence-corrected chi connectivity index (χ4v) is 3.70. The molecule has 1 atom stereocenters. The molecule has 2 nitrogen and oxygen atoms in total. The molecule has 0 aliphatic rings. The Bertz CT molecular complexity index is 723. The Labute approximate surface area is 127 Å². The topological polar surface area (TPSA) is 20.7 Å². The highest BCUT2D eigenvalue weighted by Crippen LogP contribution is 2.31. The maximum absolute atomic E-state index is 5.50. The van der Waals surface area contributed by atoms with Gasteiger partial charge in [-0.15, -0.1) is 11.3 Å². The molecule has 0 fully saturated rings. The highest BCUT2D eigenvalue weighted by atomic mass is 32.1. The fourth-order valence-electron chi connectivity index (χ4n) is 2.51. The lowest BCUT2D eigenvalue weighted by atomic mass is 10.1. The number of rotatable bonds is 4. The minimum atomic E-state index is 0.295. The Morgan fingerprint density at radius 2 is 2.00 bits per heavy atom. The van der Waals surface area contributed by atoms with Crippen molar-refractivity contribution in [3.8, 4) is 11.3 Å². The van der Waals surface area contributed by atoms with Gasteiger partial charge in [0.05, 0.1) is 11.7 Å². The Morgan fingerprint density at radius 3 is 2.65 bits per heavy atom. The molecule has 0 saturated carbocycles. The highest BCUT2D eigenvalue weighted by Gasteiger charge is 2.17. The summed E-state index contributed by atoms with van der Waals surface area (Å²) in [6.45, 7) is 2.20. The number of hydrogen-bond donors (Lipinski definition) is 1. The van der Waals surface area contributed by atoms with Gasteiger partial charge in [0.15, 0.2) is 4.77 Å². The lowest BCUT2D eigenvalue weighted by Gasteiger charge is -2.18. The van der Waals surface area contributed by atoms with Crippen molar-refractivity contribution >= 4 is 23.6 Å². The van der Waals surface area contributed by atoms with E-state index < -0.39 is 0 Å². The van der Waals surface area contributed by atoms with Gasteiger partial charge in [0.2, 0.25) is 0 Å². The van der Waals surface area contributed by atoms with Crippen LogP contribution in [0.15, 0.2) is 54.0 Å². The van der Waals surface area contributed by atoms with Crippen molar-refractivity contribution in [1.82, 2.24) is 9.55 Å². The second kappa shape index (κ2) is 5.77. The normalized spacial score (nSPS) is 12.4. The molecule has 3 aromatic rings. The summed E-state index contributed by atoms with van der Waals surface area (Å²) in [6.07, 6.45) is 3.03. The molecule has 1 unspecified atom stereocenters. The number of nitrogens with zero attached hydrogens (tertiary/aromatic N) is 1. The zero-order valence-electron chi connectivity index (χ0n) is 11.2. The number of benzene rings is 1. The van der Waals surface area contributed by atoms with Crippen molar-refractivity contribution in [3.63, 3.8) is 0 Å². The molecule has 20 heavy (non-hydrogen) atoms. The van der Waals surface area contributed by atoms with Gasteiger partial charge < -0.3 is 9.55 Å². The summed E-state index contributed by atoms with van der Waals surface area (Å²) >= 11 is 7.29. The molecule has 3 rings (SSSR count). The van der Waals surface area contributed by atoms with E-state index >= 15 is 0 Å². The number of nitrogens with one attached hydrogen (secondary N) is 1. The maximum atomic E-state index is 5.50. The average Bonchev–Trinajstić information content (AvgIpc) is 3.12. The molecule has 0 amide bonds. The van der Waals surface area contributed by atoms with Gasteiger partial charge in [-0.25, -0.2) is 0 Å². The number of aromatic nitrogens is 2. The van der Waals surface area contributed by atoms with E-state index in [1.165, 1.54) is 10.4 Å². The molecule has 0 aliphatic heterocycles. The Balaban J connectivity index is 2.14. The summed E-state index contributed by atoms with van der Waals surface area (Å²) in [7, 11) is 0. The summed E-state index contributed by atoms with van der Waals surface area (Å²) in [5, 5.41) is 2.12. The zero-order chi connectivity index (χ0) is 13.9. The van der Waals surface area contributed by atoms with E-state index in [1.807, 2.05) is 12.3 Å². The molecule has 0 radical (unpaired) electrons. The Hall–Kier alpha value is -1.65. The smallest absolute Gasteiger partial charge is 0.178 e. The van der Waals surface area contributed by atoms with Crippen molar-refractivity contribution in [2.24, 2.45) is 0 Å². The molecule has 2 aromatic heterocycles. The van der Waals surface area contributed by atoms with Crippen LogP contribution in [-0.2, 0) is 0 Å². The third kappa shape index (κ3) is 2.37. The lowest BCUT2D eigenvalue weighted by Crippen LogP contribution is -2.09. The molecule has 0 bridgehead atoms. The van der Waals surface area contributed by atoms with Crippen LogP contribution in [0.5, 0.6) is 0 Å². The van der Waals surface area contributed by atoms with Gasteiger partial charge in [-0.05, 0) is 35.6 Å². The third-order valence-corrected chi connectivity index (χ3v) is 4.74. The Morgan fingerprint density at radius 1 is 1.20 bits per heavy atom. The van der Waals surface area contributed by atoms with E-state index in [2.05, 4.69) is 58.3 Å². The molecular formula is C16H16N2S2. The number of H-pyrrole nitrogens is 1. The highest BCUT2D eigenvalue weighted by molar-refractivity contribution is 7.71. The zero-order valence-corrected chi connectivity index (χ0v) is 12.9. The second-order valence-electron chi connectivity index (χ2n) is 4.65. The van der Waals surface area contributed by atoms with Crippen LogP contribution in [0.25, 0.3) is 11.3 Å². The summed E-state index contributed by atoms with van der Waals surface area (Å²) in [5.74, 6) is 0. The molecule has 102 valence electrons. The first kappa shape index (κ1) is 13.3. The molecule has 0 saturated heterocycles. The average molecular weight is 300 g/mol. The fraction of sp³-hybridized carbons (Fsp3) is 0.188. The van der Waals surface area contributed by atoms with E-state index in [-0.39, 0.29) is 0 Å². The summed E-state index contributed by atoms with van der Waals surface area (Å²) in [4.78, 5) is 4.54. The number of imidazole rings is 1. The summed E-state index contributed by atoms with van der Waals surface area (Å²) in [6, 6.07) is 15.0. The van der Waals surface area contributed by atoms with E-state index in [0.29, 0.717) is 6.04 Å². The Kier molecular flexibility index (Phi) is 3.85. The van der Waals surface area contributed by atoms with Gasteiger partial charge in [0, 0.05) is 11.1 Å². The quantitative estimate of drug-likeness (QED) is 0.651. The maximum Gasteiger partial charge on any atom is 0.178 e. The first-order valence-corrected chi connectivity index (χ1v) is 7.98. The molecule has 2 heterocycles. The third-order valence-electron chi connectivity index (χ3n) is 3.45. The van der Waals surface area contributed by atoms with Crippen molar-refractivity contribution in [3.05, 3.63) is 63.7 Å². The van der Waals surface area contributed by atoms with Crippen molar-refractivity contribution in [2.75, 3.05) is 0 Å². The van der Waals surface area contributed by atoms with E-state index in [1.54, 1.807) is 11.3 Å². The van der Waals surface area contributed by atoms with Crippen LogP contribution in [0.1, 0.15) is 24.3 Å². The first-order chi connectivity index (χ1) is 9.81. The standard InChI is InChI=1S/C16H16N2S2/c1-2-13(15-9-6-10-20-15)18-14(11-17-16(18)19)12-7-4-3-5-8-12/h3-11,13H,2H2,1H3,(H,17,19). The van der Waals surface area contributed by atoms with Gasteiger partial charge in [-0.3, -0.25) is 0 Å². The number of thiophene rings is 1. The van der Waals surface area contributed by atoms with Gasteiger partial charge in [0.1, 0.15) is 0 Å². The molecule has 0 spiro atoms. The lowest BCUT2D eigenvalue weighted by molar-refractivity contribution is 0.574. The molecule has 0 aliphatic carbocycles. The van der Waals surface area contributed by atoms with Crippen LogP contribution in [0.2, 0.25) is 0 Å². The van der Waals surface area contributed by atoms with Gasteiger partial charge in [-0.1, -0.05) is 43.3 Å². The van der Waals surface area contributed by atoms with Crippen molar-refractivity contribution < 1.29 is 0 Å². The van der Waals surface area contributed by atoms with E-state index in [4.69, 9.17) is 12.2 Å². The van der Waals surface area contributed by atoms with E-state index in [9.17, 15) is 0 Å². The molecule has 1 N–H and O–H groups in total. The van der Waals surface area contributed by atoms with Crippen molar-refractivity contribution in [2.45, 2.75) is 19.4 Å². The van der Waals surface area contributed by atoms with E-state index in [0.717, 1.165) is 16.9 Å². The van der Waals surface area contributed by atoms with Gasteiger partial charge in [0.25, 0.3) is 0 Å². The summed E-state index contributed by atoms with van der Waals surface area (Å²) < 4.78 is 3.01. The minimum absolute atomic E-state index is 0.295. The number of hydrogen-bond acceptors (Lipinski definition) is 2. The number of aromatic amines is 1. The molecule has 1 aromatic carbocycles. The van der Waals surface area contributed by atoms with Crippen LogP contribution in [0.3, 0.4) is 0 Å². The SMILES string of the molecule is CCC(c1cccs1)n1c(-c2ccccc2)c[nH]c1=S. The predicted octanol–water partition coefficient (Wildman–Crippen LogP) is 5.27. The monoisotopic (exact) mass is 300 g/mol. The predicted molar refractivity (Wildman–Crippen MR) is 87.8 cm³/mol. The van der Waals surface area contributed by atoms with Crippen LogP contribution in [0.4, 0.5) is 0 Å².